The third kappa shape index (κ3) is 2.75. The SMILES string of the molecule is O=C1CN(CN2CC(=O)N(CC3CO3)C2=O)C(=O)N1CC1CO1. The second-order valence-corrected chi connectivity index (χ2v) is 6.02. The number of urea groups is 2. The van der Waals surface area contributed by atoms with Crippen molar-refractivity contribution in [2.75, 3.05) is 46.1 Å². The minimum absolute atomic E-state index is 0.0702. The van der Waals surface area contributed by atoms with Gasteiger partial charge in [-0.3, -0.25) is 29.2 Å². The summed E-state index contributed by atoms with van der Waals surface area (Å²) in [6.07, 6.45) is -0.154. The van der Waals surface area contributed by atoms with Gasteiger partial charge < -0.3 is 9.47 Å². The first-order valence-electron chi connectivity index (χ1n) is 7.44. The maximum Gasteiger partial charge on any atom is 0.328 e. The van der Waals surface area contributed by atoms with Gasteiger partial charge in [0.15, 0.2) is 0 Å². The molecule has 4 aliphatic rings. The first-order chi connectivity index (χ1) is 11.0. The van der Waals surface area contributed by atoms with Crippen LogP contribution in [0.4, 0.5) is 9.59 Å². The molecule has 0 spiro atoms. The molecule has 0 aromatic carbocycles. The molecule has 0 saturated carbocycles. The number of hydrogen-bond acceptors (Lipinski definition) is 6. The number of carbonyl (C=O) groups excluding carboxylic acids is 4. The summed E-state index contributed by atoms with van der Waals surface area (Å²) in [6, 6.07) is -0.899. The Morgan fingerprint density at radius 1 is 0.783 bits per heavy atom. The van der Waals surface area contributed by atoms with Crippen LogP contribution in [0.15, 0.2) is 0 Å². The Labute approximate surface area is 131 Å². The second kappa shape index (κ2) is 5.17. The molecular weight excluding hydrogens is 308 g/mol. The van der Waals surface area contributed by atoms with Crippen molar-refractivity contribution in [3.63, 3.8) is 0 Å². The molecule has 4 aliphatic heterocycles. The lowest BCUT2D eigenvalue weighted by Gasteiger charge is -2.22. The lowest BCUT2D eigenvalue weighted by molar-refractivity contribution is -0.126. The van der Waals surface area contributed by atoms with Crippen LogP contribution in [0.3, 0.4) is 0 Å². The quantitative estimate of drug-likeness (QED) is 0.424. The highest BCUT2D eigenvalue weighted by Crippen LogP contribution is 2.20. The fourth-order valence-electron chi connectivity index (χ4n) is 2.73. The number of amides is 6. The van der Waals surface area contributed by atoms with E-state index in [-0.39, 0.29) is 56.9 Å². The van der Waals surface area contributed by atoms with Crippen LogP contribution in [-0.4, -0.2) is 102 Å². The molecule has 10 nitrogen and oxygen atoms in total. The summed E-state index contributed by atoms with van der Waals surface area (Å²) in [7, 11) is 0. The first-order valence-corrected chi connectivity index (χ1v) is 7.44. The van der Waals surface area contributed by atoms with Crippen LogP contribution in [-0.2, 0) is 19.1 Å². The van der Waals surface area contributed by atoms with Crippen molar-refractivity contribution < 1.29 is 28.7 Å². The van der Waals surface area contributed by atoms with Crippen LogP contribution in [0.1, 0.15) is 0 Å². The number of rotatable bonds is 6. The van der Waals surface area contributed by atoms with Crippen molar-refractivity contribution in [3.8, 4) is 0 Å². The van der Waals surface area contributed by atoms with Gasteiger partial charge in [-0.25, -0.2) is 9.59 Å². The molecule has 2 unspecified atom stereocenters. The topological polar surface area (TPSA) is 106 Å². The first kappa shape index (κ1) is 14.4. The van der Waals surface area contributed by atoms with Gasteiger partial charge in [-0.05, 0) is 0 Å². The highest BCUT2D eigenvalue weighted by molar-refractivity contribution is 6.04. The van der Waals surface area contributed by atoms with Crippen molar-refractivity contribution in [3.05, 3.63) is 0 Å². The maximum atomic E-state index is 12.2. The molecule has 0 bridgehead atoms. The number of epoxide rings is 2. The molecule has 4 fully saturated rings. The number of ether oxygens (including phenoxy) is 2. The molecule has 4 rings (SSSR count). The molecule has 4 heterocycles. The Morgan fingerprint density at radius 2 is 1.17 bits per heavy atom. The third-order valence-electron chi connectivity index (χ3n) is 4.18. The van der Waals surface area contributed by atoms with Crippen LogP contribution in [0.2, 0.25) is 0 Å². The molecular formula is C13H16N4O6. The monoisotopic (exact) mass is 324 g/mol. The summed E-state index contributed by atoms with van der Waals surface area (Å²) in [4.78, 5) is 53.1. The molecule has 0 aliphatic carbocycles. The minimum Gasteiger partial charge on any atom is -0.371 e. The zero-order chi connectivity index (χ0) is 16.1. The molecule has 0 aromatic rings. The summed E-state index contributed by atoms with van der Waals surface area (Å²) in [6.45, 7) is 1.34. The van der Waals surface area contributed by atoms with E-state index in [1.807, 2.05) is 0 Å². The standard InChI is InChI=1S/C13H16N4O6/c18-10-3-14(12(20)16(10)1-8-5-22-8)7-15-4-11(19)17(13(15)21)2-9-6-23-9/h8-9H,1-7H2. The van der Waals surface area contributed by atoms with E-state index in [0.29, 0.717) is 13.2 Å². The molecule has 4 saturated heterocycles. The Bertz CT molecular complexity index is 537. The third-order valence-corrected chi connectivity index (χ3v) is 4.18. The van der Waals surface area contributed by atoms with E-state index in [9.17, 15) is 19.2 Å². The van der Waals surface area contributed by atoms with E-state index in [0.717, 1.165) is 9.80 Å². The normalized spacial score (nSPS) is 30.1. The summed E-state index contributed by atoms with van der Waals surface area (Å²) >= 11 is 0. The molecule has 0 aromatic heterocycles. The van der Waals surface area contributed by atoms with Crippen LogP contribution >= 0.6 is 0 Å². The predicted octanol–water partition coefficient (Wildman–Crippen LogP) is -1.73. The van der Waals surface area contributed by atoms with Gasteiger partial charge in [0.2, 0.25) is 11.8 Å². The zero-order valence-electron chi connectivity index (χ0n) is 12.3. The van der Waals surface area contributed by atoms with Gasteiger partial charge >= 0.3 is 12.1 Å². The Hall–Kier alpha value is -2.20. The van der Waals surface area contributed by atoms with E-state index in [4.69, 9.17) is 9.47 Å². The van der Waals surface area contributed by atoms with Crippen LogP contribution in [0.25, 0.3) is 0 Å². The van der Waals surface area contributed by atoms with E-state index in [1.165, 1.54) is 9.80 Å². The minimum atomic E-state index is -0.449. The van der Waals surface area contributed by atoms with Crippen molar-refractivity contribution >= 4 is 23.9 Å². The van der Waals surface area contributed by atoms with E-state index >= 15 is 0 Å². The van der Waals surface area contributed by atoms with Crippen LogP contribution in [0, 0.1) is 0 Å². The second-order valence-electron chi connectivity index (χ2n) is 6.02. The van der Waals surface area contributed by atoms with Gasteiger partial charge in [-0.2, -0.15) is 0 Å². The average molecular weight is 324 g/mol. The van der Waals surface area contributed by atoms with Crippen molar-refractivity contribution in [1.29, 1.82) is 0 Å². The van der Waals surface area contributed by atoms with Gasteiger partial charge in [0.05, 0.1) is 38.5 Å². The summed E-state index contributed by atoms with van der Waals surface area (Å²) < 4.78 is 10.1. The Morgan fingerprint density at radius 3 is 1.52 bits per heavy atom. The lowest BCUT2D eigenvalue weighted by atomic mass is 10.4. The molecule has 0 N–H and O–H groups in total. The molecule has 23 heavy (non-hydrogen) atoms. The van der Waals surface area contributed by atoms with Crippen molar-refractivity contribution in [2.24, 2.45) is 0 Å². The van der Waals surface area contributed by atoms with E-state index in [1.54, 1.807) is 0 Å². The molecule has 2 atom stereocenters. The van der Waals surface area contributed by atoms with Gasteiger partial charge in [0.1, 0.15) is 19.8 Å². The number of carbonyl (C=O) groups is 4. The zero-order valence-corrected chi connectivity index (χ0v) is 12.3. The summed E-state index contributed by atoms with van der Waals surface area (Å²) in [5.74, 6) is -0.626. The predicted molar refractivity (Wildman–Crippen MR) is 72.0 cm³/mol. The van der Waals surface area contributed by atoms with E-state index < -0.39 is 12.1 Å². The van der Waals surface area contributed by atoms with Crippen LogP contribution in [0.5, 0.6) is 0 Å². The average Bonchev–Trinajstić information content (AvgIpc) is 3.41. The van der Waals surface area contributed by atoms with Crippen molar-refractivity contribution in [2.45, 2.75) is 12.2 Å². The van der Waals surface area contributed by atoms with E-state index in [2.05, 4.69) is 0 Å². The fraction of sp³-hybridized carbons (Fsp3) is 0.692. The molecule has 10 heteroatoms. The van der Waals surface area contributed by atoms with Gasteiger partial charge in [0, 0.05) is 0 Å². The number of imide groups is 2. The van der Waals surface area contributed by atoms with Gasteiger partial charge in [-0.15, -0.1) is 0 Å². The Balaban J connectivity index is 1.37. The van der Waals surface area contributed by atoms with Gasteiger partial charge in [-0.1, -0.05) is 0 Å². The lowest BCUT2D eigenvalue weighted by Crippen LogP contribution is -2.43. The maximum absolute atomic E-state index is 12.2. The van der Waals surface area contributed by atoms with Crippen molar-refractivity contribution in [1.82, 2.24) is 19.6 Å². The summed E-state index contributed by atoms with van der Waals surface area (Å²) in [5.41, 5.74) is 0. The molecule has 124 valence electrons. The Kier molecular flexibility index (Phi) is 3.23. The molecule has 6 amide bonds. The fourth-order valence-corrected chi connectivity index (χ4v) is 2.73. The number of nitrogens with zero attached hydrogens (tertiary/aromatic N) is 4. The highest BCUT2D eigenvalue weighted by atomic mass is 16.6. The largest absolute Gasteiger partial charge is 0.371 e. The highest BCUT2D eigenvalue weighted by Gasteiger charge is 2.44. The number of hydrogen-bond donors (Lipinski definition) is 0. The summed E-state index contributed by atoms with van der Waals surface area (Å²) in [5, 5.41) is 0. The smallest absolute Gasteiger partial charge is 0.328 e. The van der Waals surface area contributed by atoms with Gasteiger partial charge in [0.25, 0.3) is 0 Å². The molecule has 0 radical (unpaired) electrons. The van der Waals surface area contributed by atoms with Crippen LogP contribution < -0.4 is 0 Å².